The smallest absolute Gasteiger partial charge is 0.260 e. The van der Waals surface area contributed by atoms with Gasteiger partial charge in [-0.3, -0.25) is 9.69 Å². The lowest BCUT2D eigenvalue weighted by Gasteiger charge is -2.35. The van der Waals surface area contributed by atoms with Crippen molar-refractivity contribution in [3.63, 3.8) is 0 Å². The second-order valence-electron chi connectivity index (χ2n) is 13.2. The molecule has 0 spiro atoms. The zero-order chi connectivity index (χ0) is 26.9. The molecule has 0 radical (unpaired) electrons. The fourth-order valence-electron chi connectivity index (χ4n) is 4.56. The Morgan fingerprint density at radius 3 is 1.75 bits per heavy atom. The van der Waals surface area contributed by atoms with Crippen LogP contribution in [-0.2, 0) is 27.6 Å². The van der Waals surface area contributed by atoms with E-state index < -0.39 is 0 Å². The van der Waals surface area contributed by atoms with E-state index in [1.165, 1.54) is 22.3 Å². The van der Waals surface area contributed by atoms with Crippen LogP contribution in [0.15, 0.2) is 36.4 Å². The zero-order valence-corrected chi connectivity index (χ0v) is 24.6. The summed E-state index contributed by atoms with van der Waals surface area (Å²) in [5.74, 6) is 0.929. The average molecular weight is 513 g/mol. The maximum absolute atomic E-state index is 13.2. The molecule has 198 valence electrons. The van der Waals surface area contributed by atoms with Crippen molar-refractivity contribution in [2.75, 3.05) is 32.8 Å². The summed E-state index contributed by atoms with van der Waals surface area (Å²) in [4.78, 5) is 17.5. The minimum absolute atomic E-state index is 0.0278. The van der Waals surface area contributed by atoms with Crippen LogP contribution in [0.5, 0.6) is 5.75 Å². The van der Waals surface area contributed by atoms with E-state index in [0.29, 0.717) is 0 Å². The Labute approximate surface area is 224 Å². The van der Waals surface area contributed by atoms with Gasteiger partial charge in [-0.25, -0.2) is 0 Å². The summed E-state index contributed by atoms with van der Waals surface area (Å²) in [5, 5.41) is 0.756. The third-order valence-electron chi connectivity index (χ3n) is 6.96. The van der Waals surface area contributed by atoms with E-state index in [1.807, 2.05) is 17.0 Å². The number of carbonyl (C=O) groups excluding carboxylic acids is 1. The molecule has 1 amide bonds. The molecular weight excluding hydrogens is 468 g/mol. The van der Waals surface area contributed by atoms with Crippen molar-refractivity contribution in [1.82, 2.24) is 9.80 Å². The number of halogens is 1. The lowest BCUT2D eigenvalue weighted by atomic mass is 9.75. The highest BCUT2D eigenvalue weighted by molar-refractivity contribution is 6.30. The van der Waals surface area contributed by atoms with Crippen LogP contribution in [0.25, 0.3) is 0 Å². The second kappa shape index (κ2) is 10.8. The van der Waals surface area contributed by atoms with Gasteiger partial charge < -0.3 is 9.64 Å². The summed E-state index contributed by atoms with van der Waals surface area (Å²) in [6, 6.07) is 12.6. The number of nitrogens with zero attached hydrogens (tertiary/aromatic N) is 2. The van der Waals surface area contributed by atoms with Gasteiger partial charge in [0.2, 0.25) is 0 Å². The normalized spacial score (nSPS) is 15.8. The van der Waals surface area contributed by atoms with Crippen molar-refractivity contribution in [2.24, 2.45) is 0 Å². The molecular formula is C31H45ClN2O2. The summed E-state index contributed by atoms with van der Waals surface area (Å²) < 4.78 is 6.42. The third-order valence-corrected chi connectivity index (χ3v) is 7.21. The fourth-order valence-corrected chi connectivity index (χ4v) is 4.69. The highest BCUT2D eigenvalue weighted by Gasteiger charge is 2.31. The topological polar surface area (TPSA) is 32.8 Å². The van der Waals surface area contributed by atoms with E-state index in [-0.39, 0.29) is 28.8 Å². The number of ether oxygens (including phenoxy) is 1. The molecule has 0 atom stereocenters. The number of amides is 1. The SMILES string of the molecule is CC(C)(C)c1cc(C(C)(C)C)c(OCC(=O)N2CCN(Cc3ccc(Cl)cc3)CC2)c(C(C)(C)C)c1. The first kappa shape index (κ1) is 28.5. The molecule has 0 bridgehead atoms. The average Bonchev–Trinajstić information content (AvgIpc) is 2.77. The van der Waals surface area contributed by atoms with Crippen LogP contribution in [-0.4, -0.2) is 48.5 Å². The van der Waals surface area contributed by atoms with Crippen LogP contribution in [0.2, 0.25) is 5.02 Å². The fraction of sp³-hybridized carbons (Fsp3) is 0.581. The van der Waals surface area contributed by atoms with Crippen LogP contribution >= 0.6 is 11.6 Å². The van der Waals surface area contributed by atoms with E-state index in [0.717, 1.165) is 43.5 Å². The molecule has 0 saturated carbocycles. The molecule has 5 heteroatoms. The molecule has 3 rings (SSSR count). The lowest BCUT2D eigenvalue weighted by molar-refractivity contribution is -0.135. The van der Waals surface area contributed by atoms with E-state index in [4.69, 9.17) is 16.3 Å². The molecule has 0 aromatic heterocycles. The Kier molecular flexibility index (Phi) is 8.52. The monoisotopic (exact) mass is 512 g/mol. The van der Waals surface area contributed by atoms with Gasteiger partial charge in [0.05, 0.1) is 0 Å². The van der Waals surface area contributed by atoms with Gasteiger partial charge in [0.15, 0.2) is 6.61 Å². The van der Waals surface area contributed by atoms with Crippen LogP contribution in [0.3, 0.4) is 0 Å². The second-order valence-corrected chi connectivity index (χ2v) is 13.7. The molecule has 2 aromatic carbocycles. The maximum atomic E-state index is 13.2. The van der Waals surface area contributed by atoms with Crippen molar-refractivity contribution < 1.29 is 9.53 Å². The molecule has 36 heavy (non-hydrogen) atoms. The Balaban J connectivity index is 1.73. The van der Waals surface area contributed by atoms with Gasteiger partial charge in [0, 0.05) is 48.9 Å². The molecule has 0 aliphatic carbocycles. The summed E-state index contributed by atoms with van der Waals surface area (Å²) in [5.41, 5.74) is 4.69. The van der Waals surface area contributed by atoms with E-state index in [1.54, 1.807) is 0 Å². The van der Waals surface area contributed by atoms with Crippen molar-refractivity contribution in [2.45, 2.75) is 85.1 Å². The molecule has 1 aliphatic rings. The molecule has 1 aliphatic heterocycles. The van der Waals surface area contributed by atoms with E-state index in [2.05, 4.69) is 91.5 Å². The lowest BCUT2D eigenvalue weighted by Crippen LogP contribution is -2.49. The summed E-state index contributed by atoms with van der Waals surface area (Å²) in [6.07, 6.45) is 0. The Bertz CT molecular complexity index is 1010. The van der Waals surface area contributed by atoms with Crippen LogP contribution < -0.4 is 4.74 Å². The van der Waals surface area contributed by atoms with Gasteiger partial charge in [0.1, 0.15) is 5.75 Å². The third kappa shape index (κ3) is 7.26. The number of rotatable bonds is 5. The van der Waals surface area contributed by atoms with E-state index >= 15 is 0 Å². The summed E-state index contributed by atoms with van der Waals surface area (Å²) >= 11 is 6.01. The standard InChI is InChI=1S/C31H45ClN2O2/c1-29(2,3)23-18-25(30(4,5)6)28(26(19-23)31(7,8)9)36-21-27(35)34-16-14-33(15-17-34)20-22-10-12-24(32)13-11-22/h10-13,18-19H,14-17,20-21H2,1-9H3. The number of carbonyl (C=O) groups is 1. The number of benzene rings is 2. The van der Waals surface area contributed by atoms with Crippen LogP contribution in [0.4, 0.5) is 0 Å². The van der Waals surface area contributed by atoms with Crippen LogP contribution in [0, 0.1) is 0 Å². The minimum atomic E-state index is -0.104. The highest BCUT2D eigenvalue weighted by atomic mass is 35.5. The van der Waals surface area contributed by atoms with Gasteiger partial charge in [0.25, 0.3) is 5.91 Å². The first-order valence-electron chi connectivity index (χ1n) is 13.1. The summed E-state index contributed by atoms with van der Waals surface area (Å²) in [7, 11) is 0. The molecule has 1 fully saturated rings. The van der Waals surface area contributed by atoms with Gasteiger partial charge in [-0.05, 0) is 39.5 Å². The molecule has 0 unspecified atom stereocenters. The van der Waals surface area contributed by atoms with Gasteiger partial charge in [-0.15, -0.1) is 0 Å². The Hall–Kier alpha value is -2.04. The first-order valence-corrected chi connectivity index (χ1v) is 13.5. The molecule has 0 N–H and O–H groups in total. The van der Waals surface area contributed by atoms with Gasteiger partial charge >= 0.3 is 0 Å². The molecule has 4 nitrogen and oxygen atoms in total. The first-order chi connectivity index (χ1) is 16.6. The highest BCUT2D eigenvalue weighted by Crippen LogP contribution is 2.43. The number of hydrogen-bond acceptors (Lipinski definition) is 3. The quantitative estimate of drug-likeness (QED) is 0.434. The number of hydrogen-bond donors (Lipinski definition) is 0. The van der Waals surface area contributed by atoms with Crippen LogP contribution in [0.1, 0.15) is 84.6 Å². The van der Waals surface area contributed by atoms with Crippen molar-refractivity contribution in [3.05, 3.63) is 63.7 Å². The van der Waals surface area contributed by atoms with Crippen molar-refractivity contribution >= 4 is 17.5 Å². The van der Waals surface area contributed by atoms with Gasteiger partial charge in [-0.1, -0.05) is 98.2 Å². The Morgan fingerprint density at radius 2 is 1.31 bits per heavy atom. The van der Waals surface area contributed by atoms with Gasteiger partial charge in [-0.2, -0.15) is 0 Å². The van der Waals surface area contributed by atoms with Crippen molar-refractivity contribution in [3.8, 4) is 5.75 Å². The van der Waals surface area contributed by atoms with E-state index in [9.17, 15) is 4.79 Å². The van der Waals surface area contributed by atoms with Crippen molar-refractivity contribution in [1.29, 1.82) is 0 Å². The predicted molar refractivity (Wildman–Crippen MR) is 151 cm³/mol. The predicted octanol–water partition coefficient (Wildman–Crippen LogP) is 6.96. The Morgan fingerprint density at radius 1 is 0.806 bits per heavy atom. The molecule has 2 aromatic rings. The maximum Gasteiger partial charge on any atom is 0.260 e. The molecule has 1 saturated heterocycles. The molecule has 1 heterocycles. The number of piperazine rings is 1. The largest absolute Gasteiger partial charge is 0.483 e. The summed E-state index contributed by atoms with van der Waals surface area (Å²) in [6.45, 7) is 24.1. The zero-order valence-electron chi connectivity index (χ0n) is 23.8. The minimum Gasteiger partial charge on any atom is -0.483 e.